The van der Waals surface area contributed by atoms with Crippen LogP contribution < -0.4 is 0 Å². The summed E-state index contributed by atoms with van der Waals surface area (Å²) in [7, 11) is 0. The van der Waals surface area contributed by atoms with Crippen LogP contribution in [0, 0.1) is 6.92 Å². The molecule has 0 unspecified atom stereocenters. The van der Waals surface area contributed by atoms with Crippen molar-refractivity contribution in [1.29, 1.82) is 0 Å². The number of aromatic nitrogens is 5. The Morgan fingerprint density at radius 3 is 3.05 bits per heavy atom. The fraction of sp³-hybridized carbons (Fsp3) is 0.500. The summed E-state index contributed by atoms with van der Waals surface area (Å²) in [6.07, 6.45) is 5.06. The van der Waals surface area contributed by atoms with Gasteiger partial charge in [0.1, 0.15) is 17.8 Å². The maximum Gasteiger partial charge on any atom is 0.274 e. The van der Waals surface area contributed by atoms with Crippen molar-refractivity contribution < 1.29 is 4.79 Å². The molecule has 1 fully saturated rings. The van der Waals surface area contributed by atoms with Crippen molar-refractivity contribution in [1.82, 2.24) is 30.0 Å². The number of aryl methyl sites for hydroxylation is 1. The molecule has 1 aliphatic heterocycles. The number of carbonyl (C=O) groups excluding carboxylic acids is 1. The Hall–Kier alpha value is -2.18. The van der Waals surface area contributed by atoms with Gasteiger partial charge in [-0.25, -0.2) is 9.97 Å². The number of nitrogens with zero attached hydrogens (tertiary/aromatic N) is 4. The molecular weight excluding hydrogens is 244 g/mol. The number of hydrogen-bond acceptors (Lipinski definition) is 4. The second-order valence-electron chi connectivity index (χ2n) is 4.84. The number of nitrogens with one attached hydrogen (secondary N) is 2. The van der Waals surface area contributed by atoms with Crippen molar-refractivity contribution in [2.75, 3.05) is 13.1 Å². The monoisotopic (exact) mass is 260 g/mol. The van der Waals surface area contributed by atoms with Crippen LogP contribution in [0.15, 0.2) is 12.7 Å². The highest BCUT2D eigenvalue weighted by atomic mass is 16.2. The van der Waals surface area contributed by atoms with Crippen molar-refractivity contribution in [3.05, 3.63) is 29.9 Å². The summed E-state index contributed by atoms with van der Waals surface area (Å²) >= 11 is 0. The molecule has 7 heteroatoms. The van der Waals surface area contributed by atoms with E-state index in [0.717, 1.165) is 30.9 Å². The topological polar surface area (TPSA) is 90.6 Å². The Balaban J connectivity index is 1.75. The van der Waals surface area contributed by atoms with E-state index >= 15 is 0 Å². The third-order valence-corrected chi connectivity index (χ3v) is 3.56. The minimum atomic E-state index is -0.0111. The minimum absolute atomic E-state index is 0.0111. The van der Waals surface area contributed by atoms with E-state index in [1.807, 2.05) is 11.8 Å². The normalized spacial score (nSPS) is 19.6. The van der Waals surface area contributed by atoms with Gasteiger partial charge in [0.05, 0.1) is 6.33 Å². The summed E-state index contributed by atoms with van der Waals surface area (Å²) in [6.45, 7) is 3.30. The van der Waals surface area contributed by atoms with E-state index in [-0.39, 0.29) is 11.8 Å². The average Bonchev–Trinajstić information content (AvgIpc) is 3.09. The highest BCUT2D eigenvalue weighted by molar-refractivity contribution is 5.93. The van der Waals surface area contributed by atoms with E-state index in [9.17, 15) is 4.79 Å². The Labute approximate surface area is 110 Å². The highest BCUT2D eigenvalue weighted by Gasteiger charge is 2.28. The van der Waals surface area contributed by atoms with Gasteiger partial charge in [-0.2, -0.15) is 5.10 Å². The molecule has 0 spiro atoms. The number of rotatable bonds is 2. The number of piperidine rings is 1. The van der Waals surface area contributed by atoms with Crippen LogP contribution >= 0.6 is 0 Å². The molecule has 19 heavy (non-hydrogen) atoms. The van der Waals surface area contributed by atoms with Crippen LogP contribution in [0.1, 0.15) is 40.8 Å². The maximum absolute atomic E-state index is 12.4. The lowest BCUT2D eigenvalue weighted by atomic mass is 9.97. The molecule has 0 bridgehead atoms. The first-order valence-corrected chi connectivity index (χ1v) is 6.40. The van der Waals surface area contributed by atoms with Gasteiger partial charge in [0.25, 0.3) is 5.91 Å². The van der Waals surface area contributed by atoms with Gasteiger partial charge in [-0.15, -0.1) is 0 Å². The first-order chi connectivity index (χ1) is 9.25. The SMILES string of the molecule is Cc1[nH]cnc1C(=O)N1CCC[C@@H](c2ncn[nH]2)C1. The lowest BCUT2D eigenvalue weighted by molar-refractivity contribution is 0.0698. The Kier molecular flexibility index (Phi) is 3.02. The van der Waals surface area contributed by atoms with E-state index in [0.29, 0.717) is 12.2 Å². The van der Waals surface area contributed by atoms with Gasteiger partial charge in [0.2, 0.25) is 0 Å². The zero-order valence-electron chi connectivity index (χ0n) is 10.8. The lowest BCUT2D eigenvalue weighted by Crippen LogP contribution is -2.39. The van der Waals surface area contributed by atoms with Crippen LogP contribution in [-0.4, -0.2) is 49.0 Å². The van der Waals surface area contributed by atoms with Gasteiger partial charge in [-0.1, -0.05) is 0 Å². The van der Waals surface area contributed by atoms with Gasteiger partial charge in [0.15, 0.2) is 0 Å². The quantitative estimate of drug-likeness (QED) is 0.837. The van der Waals surface area contributed by atoms with E-state index in [2.05, 4.69) is 25.1 Å². The van der Waals surface area contributed by atoms with Crippen molar-refractivity contribution in [3.63, 3.8) is 0 Å². The van der Waals surface area contributed by atoms with Crippen LogP contribution in [0.5, 0.6) is 0 Å². The lowest BCUT2D eigenvalue weighted by Gasteiger charge is -2.31. The molecule has 1 saturated heterocycles. The fourth-order valence-corrected chi connectivity index (χ4v) is 2.52. The molecule has 100 valence electrons. The number of hydrogen-bond donors (Lipinski definition) is 2. The summed E-state index contributed by atoms with van der Waals surface area (Å²) in [6, 6.07) is 0. The number of amides is 1. The Bertz CT molecular complexity index is 561. The molecule has 3 rings (SSSR count). The van der Waals surface area contributed by atoms with Gasteiger partial charge in [0, 0.05) is 24.7 Å². The summed E-state index contributed by atoms with van der Waals surface area (Å²) < 4.78 is 0. The smallest absolute Gasteiger partial charge is 0.274 e. The largest absolute Gasteiger partial charge is 0.348 e. The molecule has 0 aliphatic carbocycles. The molecule has 1 atom stereocenters. The first kappa shape index (κ1) is 11.9. The average molecular weight is 260 g/mol. The highest BCUT2D eigenvalue weighted by Crippen LogP contribution is 2.25. The van der Waals surface area contributed by atoms with E-state index in [1.54, 1.807) is 6.33 Å². The van der Waals surface area contributed by atoms with Crippen molar-refractivity contribution in [3.8, 4) is 0 Å². The third kappa shape index (κ3) is 2.23. The molecule has 2 aromatic rings. The Morgan fingerprint density at radius 2 is 2.37 bits per heavy atom. The number of imidazole rings is 1. The summed E-state index contributed by atoms with van der Waals surface area (Å²) in [5.74, 6) is 1.08. The van der Waals surface area contributed by atoms with Gasteiger partial charge in [-0.05, 0) is 19.8 Å². The second-order valence-corrected chi connectivity index (χ2v) is 4.84. The van der Waals surface area contributed by atoms with E-state index in [4.69, 9.17) is 0 Å². The molecule has 2 aromatic heterocycles. The summed E-state index contributed by atoms with van der Waals surface area (Å²) in [4.78, 5) is 25.5. The number of likely N-dealkylation sites (tertiary alicyclic amines) is 1. The first-order valence-electron chi connectivity index (χ1n) is 6.40. The second kappa shape index (κ2) is 4.83. The van der Waals surface area contributed by atoms with Gasteiger partial charge < -0.3 is 9.88 Å². The number of H-pyrrole nitrogens is 2. The fourth-order valence-electron chi connectivity index (χ4n) is 2.52. The summed E-state index contributed by atoms with van der Waals surface area (Å²) in [5.41, 5.74) is 1.32. The van der Waals surface area contributed by atoms with Crippen molar-refractivity contribution >= 4 is 5.91 Å². The minimum Gasteiger partial charge on any atom is -0.348 e. The predicted molar refractivity (Wildman–Crippen MR) is 67.6 cm³/mol. The van der Waals surface area contributed by atoms with Crippen molar-refractivity contribution in [2.24, 2.45) is 0 Å². The van der Waals surface area contributed by atoms with Crippen molar-refractivity contribution in [2.45, 2.75) is 25.7 Å². The van der Waals surface area contributed by atoms with Crippen LogP contribution in [0.4, 0.5) is 0 Å². The maximum atomic E-state index is 12.4. The molecule has 3 heterocycles. The molecular formula is C12H16N6O. The van der Waals surface area contributed by atoms with Crippen LogP contribution in [-0.2, 0) is 0 Å². The molecule has 1 amide bonds. The molecule has 2 N–H and O–H groups in total. The zero-order chi connectivity index (χ0) is 13.2. The number of aromatic amines is 2. The molecule has 0 radical (unpaired) electrons. The number of carbonyl (C=O) groups is 1. The van der Waals surface area contributed by atoms with E-state index < -0.39 is 0 Å². The van der Waals surface area contributed by atoms with E-state index in [1.165, 1.54) is 6.33 Å². The van der Waals surface area contributed by atoms with Gasteiger partial charge in [-0.3, -0.25) is 9.89 Å². The Morgan fingerprint density at radius 1 is 1.47 bits per heavy atom. The zero-order valence-corrected chi connectivity index (χ0v) is 10.8. The predicted octanol–water partition coefficient (Wildman–Crippen LogP) is 0.856. The standard InChI is InChI=1S/C12H16N6O/c1-8-10(14-6-13-8)12(19)18-4-2-3-9(5-18)11-15-7-16-17-11/h6-7,9H,2-5H2,1H3,(H,13,14)(H,15,16,17)/t9-/m1/s1. The molecule has 7 nitrogen and oxygen atoms in total. The van der Waals surface area contributed by atoms with Crippen LogP contribution in [0.2, 0.25) is 0 Å². The van der Waals surface area contributed by atoms with Gasteiger partial charge >= 0.3 is 0 Å². The summed E-state index contributed by atoms with van der Waals surface area (Å²) in [5, 5.41) is 6.77. The van der Waals surface area contributed by atoms with Crippen LogP contribution in [0.3, 0.4) is 0 Å². The molecule has 0 aromatic carbocycles. The molecule has 1 aliphatic rings. The van der Waals surface area contributed by atoms with Crippen LogP contribution in [0.25, 0.3) is 0 Å². The molecule has 0 saturated carbocycles. The third-order valence-electron chi connectivity index (χ3n) is 3.56.